The Kier molecular flexibility index (Phi) is 8.64. The predicted molar refractivity (Wildman–Crippen MR) is 124 cm³/mol. The predicted octanol–water partition coefficient (Wildman–Crippen LogP) is 5.09. The average molecular weight is 442 g/mol. The molecule has 0 aliphatic heterocycles. The number of carbonyl (C=O) groups excluding carboxylic acids is 1. The van der Waals surface area contributed by atoms with Crippen LogP contribution < -0.4 is 10.9 Å². The molecule has 3 aromatic rings. The molecule has 1 N–H and O–H groups in total. The van der Waals surface area contributed by atoms with E-state index < -0.39 is 5.82 Å². The summed E-state index contributed by atoms with van der Waals surface area (Å²) in [6.07, 6.45) is 5.61. The van der Waals surface area contributed by atoms with Crippen molar-refractivity contribution in [3.05, 3.63) is 64.7 Å². The number of amides is 1. The number of rotatable bonds is 11. The normalized spacial score (nSPS) is 11.0. The maximum atomic E-state index is 13.8. The first-order valence-corrected chi connectivity index (χ1v) is 11.8. The van der Waals surface area contributed by atoms with Gasteiger partial charge in [0.15, 0.2) is 5.16 Å². The number of halogens is 1. The molecular formula is C24H28FN3O2S. The van der Waals surface area contributed by atoms with E-state index in [1.54, 1.807) is 30.3 Å². The van der Waals surface area contributed by atoms with Crippen LogP contribution in [0.4, 0.5) is 4.39 Å². The van der Waals surface area contributed by atoms with Crippen molar-refractivity contribution < 1.29 is 9.18 Å². The number of hydrogen-bond donors (Lipinski definition) is 1. The molecule has 0 saturated heterocycles. The summed E-state index contributed by atoms with van der Waals surface area (Å²) < 4.78 is 15.3. The number of fused-ring (bicyclic) bond motifs is 1. The van der Waals surface area contributed by atoms with E-state index in [2.05, 4.69) is 17.2 Å². The topological polar surface area (TPSA) is 64.0 Å². The lowest BCUT2D eigenvalue weighted by Gasteiger charge is -2.13. The van der Waals surface area contributed by atoms with Crippen molar-refractivity contribution in [2.45, 2.75) is 50.6 Å². The summed E-state index contributed by atoms with van der Waals surface area (Å²) in [6, 6.07) is 13.1. The lowest BCUT2D eigenvalue weighted by atomic mass is 10.2. The fourth-order valence-electron chi connectivity index (χ4n) is 3.32. The Morgan fingerprint density at radius 1 is 1.10 bits per heavy atom. The Hall–Kier alpha value is -2.67. The SMILES string of the molecule is CCCCCCNC(=O)CCCSc1nc2ccccc2c(=O)n1-c1cccc(F)c1. The minimum absolute atomic E-state index is 0.0473. The van der Waals surface area contributed by atoms with E-state index in [4.69, 9.17) is 0 Å². The van der Waals surface area contributed by atoms with Gasteiger partial charge in [0.25, 0.3) is 5.56 Å². The van der Waals surface area contributed by atoms with Gasteiger partial charge in [-0.1, -0.05) is 56.1 Å². The highest BCUT2D eigenvalue weighted by atomic mass is 32.2. The largest absolute Gasteiger partial charge is 0.356 e. The summed E-state index contributed by atoms with van der Waals surface area (Å²) >= 11 is 1.40. The van der Waals surface area contributed by atoms with Crippen LogP contribution in [0.1, 0.15) is 45.4 Å². The molecule has 5 nitrogen and oxygen atoms in total. The van der Waals surface area contributed by atoms with Crippen LogP contribution in [0.25, 0.3) is 16.6 Å². The van der Waals surface area contributed by atoms with Crippen molar-refractivity contribution in [2.24, 2.45) is 0 Å². The van der Waals surface area contributed by atoms with Gasteiger partial charge in [-0.05, 0) is 43.2 Å². The number of thioether (sulfide) groups is 1. The van der Waals surface area contributed by atoms with Crippen molar-refractivity contribution in [1.29, 1.82) is 0 Å². The van der Waals surface area contributed by atoms with E-state index >= 15 is 0 Å². The highest BCUT2D eigenvalue weighted by molar-refractivity contribution is 7.99. The van der Waals surface area contributed by atoms with Crippen LogP contribution in [0.5, 0.6) is 0 Å². The van der Waals surface area contributed by atoms with Gasteiger partial charge in [0, 0.05) is 18.7 Å². The molecule has 3 rings (SSSR count). The average Bonchev–Trinajstić information content (AvgIpc) is 2.77. The Balaban J connectivity index is 1.68. The zero-order valence-electron chi connectivity index (χ0n) is 17.8. The molecule has 0 atom stereocenters. The smallest absolute Gasteiger partial charge is 0.266 e. The monoisotopic (exact) mass is 441 g/mol. The maximum absolute atomic E-state index is 13.8. The van der Waals surface area contributed by atoms with E-state index in [0.29, 0.717) is 40.3 Å². The van der Waals surface area contributed by atoms with Crippen LogP contribution in [0.15, 0.2) is 58.5 Å². The van der Waals surface area contributed by atoms with Gasteiger partial charge in [-0.2, -0.15) is 0 Å². The first-order chi connectivity index (χ1) is 15.1. The second kappa shape index (κ2) is 11.6. The van der Waals surface area contributed by atoms with Gasteiger partial charge >= 0.3 is 0 Å². The van der Waals surface area contributed by atoms with Gasteiger partial charge < -0.3 is 5.32 Å². The molecule has 0 fully saturated rings. The summed E-state index contributed by atoms with van der Waals surface area (Å²) in [6.45, 7) is 2.88. The summed E-state index contributed by atoms with van der Waals surface area (Å²) in [5, 5.41) is 3.94. The molecule has 0 bridgehead atoms. The molecule has 164 valence electrons. The first kappa shape index (κ1) is 23.0. The Labute approximate surface area is 186 Å². The van der Waals surface area contributed by atoms with E-state index in [1.165, 1.54) is 41.3 Å². The number of hydrogen-bond acceptors (Lipinski definition) is 4. The number of benzene rings is 2. The van der Waals surface area contributed by atoms with Crippen molar-refractivity contribution in [3.8, 4) is 5.69 Å². The first-order valence-electron chi connectivity index (χ1n) is 10.8. The van der Waals surface area contributed by atoms with E-state index in [-0.39, 0.29) is 11.5 Å². The summed E-state index contributed by atoms with van der Waals surface area (Å²) in [5.41, 5.74) is 0.812. The lowest BCUT2D eigenvalue weighted by molar-refractivity contribution is -0.121. The number of carbonyl (C=O) groups is 1. The minimum Gasteiger partial charge on any atom is -0.356 e. The zero-order chi connectivity index (χ0) is 22.1. The fourth-order valence-corrected chi connectivity index (χ4v) is 4.27. The number of nitrogens with one attached hydrogen (secondary N) is 1. The van der Waals surface area contributed by atoms with Crippen molar-refractivity contribution in [1.82, 2.24) is 14.9 Å². The zero-order valence-corrected chi connectivity index (χ0v) is 18.6. The van der Waals surface area contributed by atoms with E-state index in [1.807, 2.05) is 6.07 Å². The Bertz CT molecular complexity index is 1080. The molecule has 31 heavy (non-hydrogen) atoms. The second-order valence-electron chi connectivity index (χ2n) is 7.39. The fraction of sp³-hybridized carbons (Fsp3) is 0.375. The van der Waals surface area contributed by atoms with Crippen LogP contribution in [0.2, 0.25) is 0 Å². The van der Waals surface area contributed by atoms with Crippen LogP contribution in [-0.2, 0) is 4.79 Å². The van der Waals surface area contributed by atoms with Gasteiger partial charge in [-0.15, -0.1) is 0 Å². The molecular weight excluding hydrogens is 413 g/mol. The third kappa shape index (κ3) is 6.40. The minimum atomic E-state index is -0.413. The molecule has 0 aliphatic rings. The van der Waals surface area contributed by atoms with Crippen LogP contribution in [0, 0.1) is 5.82 Å². The van der Waals surface area contributed by atoms with Crippen molar-refractivity contribution in [2.75, 3.05) is 12.3 Å². The molecule has 0 aliphatic carbocycles. The molecule has 0 saturated carbocycles. The molecule has 1 heterocycles. The van der Waals surface area contributed by atoms with Crippen LogP contribution >= 0.6 is 11.8 Å². The highest BCUT2D eigenvalue weighted by Crippen LogP contribution is 2.22. The molecule has 0 unspecified atom stereocenters. The highest BCUT2D eigenvalue weighted by Gasteiger charge is 2.14. The quantitative estimate of drug-likeness (QED) is 0.256. The van der Waals surface area contributed by atoms with E-state index in [0.717, 1.165) is 19.4 Å². The summed E-state index contributed by atoms with van der Waals surface area (Å²) in [5.74, 6) is 0.263. The molecule has 1 aromatic heterocycles. The van der Waals surface area contributed by atoms with Crippen molar-refractivity contribution >= 4 is 28.6 Å². The van der Waals surface area contributed by atoms with Gasteiger partial charge in [0.2, 0.25) is 5.91 Å². The molecule has 0 radical (unpaired) electrons. The van der Waals surface area contributed by atoms with Crippen LogP contribution in [-0.4, -0.2) is 27.8 Å². The standard InChI is InChI=1S/C24H28FN3O2S/c1-2-3-4-7-15-26-22(29)14-9-16-31-24-27-21-13-6-5-12-20(21)23(30)28(24)19-11-8-10-18(25)17-19/h5-6,8,10-13,17H,2-4,7,9,14-16H2,1H3,(H,26,29). The third-order valence-corrected chi connectivity index (χ3v) is 5.97. The van der Waals surface area contributed by atoms with Gasteiger partial charge in [-0.3, -0.25) is 14.2 Å². The molecule has 0 spiro atoms. The third-order valence-electron chi connectivity index (χ3n) is 4.94. The molecule has 2 aromatic carbocycles. The number of nitrogens with zero attached hydrogens (tertiary/aromatic N) is 2. The lowest BCUT2D eigenvalue weighted by Crippen LogP contribution is -2.24. The number of para-hydroxylation sites is 1. The molecule has 1 amide bonds. The van der Waals surface area contributed by atoms with Gasteiger partial charge in [0.1, 0.15) is 5.82 Å². The summed E-state index contributed by atoms with van der Waals surface area (Å²) in [7, 11) is 0. The Morgan fingerprint density at radius 2 is 1.94 bits per heavy atom. The molecule has 7 heteroatoms. The second-order valence-corrected chi connectivity index (χ2v) is 8.46. The summed E-state index contributed by atoms with van der Waals surface area (Å²) in [4.78, 5) is 29.8. The van der Waals surface area contributed by atoms with Crippen molar-refractivity contribution in [3.63, 3.8) is 0 Å². The number of aromatic nitrogens is 2. The number of unbranched alkanes of at least 4 members (excludes halogenated alkanes) is 3. The Morgan fingerprint density at radius 3 is 2.74 bits per heavy atom. The maximum Gasteiger partial charge on any atom is 0.266 e. The van der Waals surface area contributed by atoms with E-state index in [9.17, 15) is 14.0 Å². The van der Waals surface area contributed by atoms with Gasteiger partial charge in [-0.25, -0.2) is 9.37 Å². The van der Waals surface area contributed by atoms with Crippen LogP contribution in [0.3, 0.4) is 0 Å². The van der Waals surface area contributed by atoms with Gasteiger partial charge in [0.05, 0.1) is 16.6 Å².